The molecule has 0 spiro atoms. The van der Waals surface area contributed by atoms with Gasteiger partial charge >= 0.3 is 6.18 Å². The standard InChI is InChI=1S/C37H39F3N8O3/c1-3-25-21-47(33(49)13-23-4-5-26(30(12-23)37(38,39)40)20-46-10-8-45(2)9-11-46)22-27-14-28(17-43-34(25)27)51-32-6-7-42-35-29(32)15-31(44-35)36(50)48-18-24(16-41)19-48/h4-7,12,14-15,17,24-25H,3,8-11,13,18-22H2,1-2H3,(H,42,44)/t25-/m0/s1. The molecular weight excluding hydrogens is 661 g/mol. The monoisotopic (exact) mass is 700 g/mol. The third kappa shape index (κ3) is 7.27. The highest BCUT2D eigenvalue weighted by Crippen LogP contribution is 2.36. The van der Waals surface area contributed by atoms with Crippen LogP contribution in [0.4, 0.5) is 13.2 Å². The Morgan fingerprint density at radius 1 is 1.04 bits per heavy atom. The molecule has 2 saturated heterocycles. The van der Waals surface area contributed by atoms with Crippen molar-refractivity contribution in [3.63, 3.8) is 0 Å². The van der Waals surface area contributed by atoms with E-state index in [-0.39, 0.29) is 48.7 Å². The number of piperazine rings is 1. The van der Waals surface area contributed by atoms with Gasteiger partial charge in [0, 0.05) is 71.0 Å². The summed E-state index contributed by atoms with van der Waals surface area (Å²) >= 11 is 0. The molecule has 1 atom stereocenters. The largest absolute Gasteiger partial charge is 0.455 e. The van der Waals surface area contributed by atoms with E-state index in [9.17, 15) is 22.8 Å². The summed E-state index contributed by atoms with van der Waals surface area (Å²) in [6.45, 7) is 6.70. The molecule has 1 aromatic carbocycles. The van der Waals surface area contributed by atoms with Crippen molar-refractivity contribution in [2.75, 3.05) is 52.9 Å². The van der Waals surface area contributed by atoms with Crippen LogP contribution >= 0.6 is 0 Å². The zero-order valence-corrected chi connectivity index (χ0v) is 28.5. The van der Waals surface area contributed by atoms with Crippen molar-refractivity contribution in [1.29, 1.82) is 5.26 Å². The van der Waals surface area contributed by atoms with Crippen molar-refractivity contribution in [2.24, 2.45) is 5.92 Å². The van der Waals surface area contributed by atoms with Crippen LogP contribution in [-0.2, 0) is 30.5 Å². The summed E-state index contributed by atoms with van der Waals surface area (Å²) in [4.78, 5) is 46.2. The predicted octanol–water partition coefficient (Wildman–Crippen LogP) is 5.19. The smallest absolute Gasteiger partial charge is 0.416 e. The molecule has 6 heterocycles. The summed E-state index contributed by atoms with van der Waals surface area (Å²) in [6, 6.07) is 11.7. The van der Waals surface area contributed by atoms with E-state index in [2.05, 4.69) is 20.9 Å². The van der Waals surface area contributed by atoms with Crippen molar-refractivity contribution >= 4 is 22.8 Å². The van der Waals surface area contributed by atoms with Gasteiger partial charge in [0.25, 0.3) is 5.91 Å². The predicted molar refractivity (Wildman–Crippen MR) is 182 cm³/mol. The molecule has 266 valence electrons. The maximum atomic E-state index is 14.2. The lowest BCUT2D eigenvalue weighted by atomic mass is 9.92. The van der Waals surface area contributed by atoms with Crippen LogP contribution in [0.15, 0.2) is 48.8 Å². The van der Waals surface area contributed by atoms with Crippen molar-refractivity contribution < 1.29 is 27.5 Å². The number of carbonyl (C=O) groups excluding carboxylic acids is 2. The van der Waals surface area contributed by atoms with E-state index >= 15 is 0 Å². The number of fused-ring (bicyclic) bond motifs is 2. The summed E-state index contributed by atoms with van der Waals surface area (Å²) in [5, 5.41) is 9.66. The number of nitrogens with zero attached hydrogens (tertiary/aromatic N) is 7. The molecule has 2 fully saturated rings. The molecule has 7 rings (SSSR count). The van der Waals surface area contributed by atoms with Gasteiger partial charge in [0.1, 0.15) is 22.8 Å². The maximum absolute atomic E-state index is 14.2. The second-order valence-electron chi connectivity index (χ2n) is 13.7. The molecule has 11 nitrogen and oxygen atoms in total. The summed E-state index contributed by atoms with van der Waals surface area (Å²) in [5.41, 5.74) is 2.35. The minimum absolute atomic E-state index is 0.0449. The van der Waals surface area contributed by atoms with Crippen LogP contribution < -0.4 is 4.74 Å². The van der Waals surface area contributed by atoms with Gasteiger partial charge in [0.15, 0.2) is 0 Å². The first-order chi connectivity index (χ1) is 24.5. The van der Waals surface area contributed by atoms with E-state index in [1.807, 2.05) is 24.9 Å². The normalized spacial score (nSPS) is 18.7. The highest BCUT2D eigenvalue weighted by molar-refractivity contribution is 5.99. The number of halogens is 3. The molecule has 51 heavy (non-hydrogen) atoms. The van der Waals surface area contributed by atoms with Gasteiger partial charge in [-0.05, 0) is 54.4 Å². The third-order valence-electron chi connectivity index (χ3n) is 10.1. The Morgan fingerprint density at radius 2 is 1.82 bits per heavy atom. The zero-order chi connectivity index (χ0) is 35.9. The van der Waals surface area contributed by atoms with Crippen molar-refractivity contribution in [1.82, 2.24) is 34.6 Å². The van der Waals surface area contributed by atoms with Gasteiger partial charge in [-0.15, -0.1) is 0 Å². The van der Waals surface area contributed by atoms with Crippen molar-refractivity contribution in [3.05, 3.63) is 82.4 Å². The lowest BCUT2D eigenvalue weighted by molar-refractivity contribution is -0.139. The van der Waals surface area contributed by atoms with Crippen LogP contribution in [-0.4, -0.2) is 99.2 Å². The van der Waals surface area contributed by atoms with E-state index < -0.39 is 11.7 Å². The number of pyridine rings is 2. The molecule has 3 aliphatic rings. The van der Waals surface area contributed by atoms with Gasteiger partial charge in [-0.3, -0.25) is 19.5 Å². The number of aromatic nitrogens is 3. The number of likely N-dealkylation sites (tertiary alicyclic amines) is 1. The molecule has 0 saturated carbocycles. The van der Waals surface area contributed by atoms with Crippen molar-refractivity contribution in [3.8, 4) is 17.6 Å². The van der Waals surface area contributed by atoms with Crippen LogP contribution in [0.1, 0.15) is 57.7 Å². The number of nitrogens with one attached hydrogen (secondary N) is 1. The van der Waals surface area contributed by atoms with Crippen LogP contribution in [0.5, 0.6) is 11.5 Å². The molecule has 0 radical (unpaired) electrons. The number of benzene rings is 1. The Balaban J connectivity index is 1.06. The van der Waals surface area contributed by atoms with E-state index in [4.69, 9.17) is 15.0 Å². The molecule has 0 unspecified atom stereocenters. The van der Waals surface area contributed by atoms with Crippen LogP contribution in [0.3, 0.4) is 0 Å². The first-order valence-corrected chi connectivity index (χ1v) is 17.2. The number of alkyl halides is 3. The molecule has 4 aromatic rings. The summed E-state index contributed by atoms with van der Waals surface area (Å²) in [6.07, 6.45) is -0.755. The first kappa shape index (κ1) is 34.4. The van der Waals surface area contributed by atoms with Crippen LogP contribution in [0.2, 0.25) is 0 Å². The quantitative estimate of drug-likeness (QED) is 0.267. The van der Waals surface area contributed by atoms with E-state index in [0.717, 1.165) is 36.8 Å². The number of nitriles is 1. The number of aromatic amines is 1. The minimum atomic E-state index is -4.53. The van der Waals surface area contributed by atoms with Gasteiger partial charge < -0.3 is 24.4 Å². The Hall–Kier alpha value is -5.00. The Labute approximate surface area is 293 Å². The third-order valence-corrected chi connectivity index (χ3v) is 10.1. The van der Waals surface area contributed by atoms with Crippen LogP contribution in [0, 0.1) is 17.2 Å². The number of likely N-dealkylation sites (N-methyl/N-ethyl adjacent to an activating group) is 1. The fourth-order valence-electron chi connectivity index (χ4n) is 7.08. The molecule has 1 N–H and O–H groups in total. The summed E-state index contributed by atoms with van der Waals surface area (Å²) in [5.74, 6) is 0.224. The van der Waals surface area contributed by atoms with Gasteiger partial charge in [-0.2, -0.15) is 18.4 Å². The number of rotatable bonds is 8. The first-order valence-electron chi connectivity index (χ1n) is 17.2. The maximum Gasteiger partial charge on any atom is 0.416 e. The molecule has 3 aliphatic heterocycles. The summed E-state index contributed by atoms with van der Waals surface area (Å²) in [7, 11) is 2.00. The molecule has 0 aliphatic carbocycles. The molecule has 0 bridgehead atoms. The fraction of sp³-hybridized carbons (Fsp3) is 0.432. The highest BCUT2D eigenvalue weighted by Gasteiger charge is 2.35. The lowest BCUT2D eigenvalue weighted by Gasteiger charge is -2.34. The molecule has 2 amide bonds. The summed E-state index contributed by atoms with van der Waals surface area (Å²) < 4.78 is 48.9. The highest BCUT2D eigenvalue weighted by atomic mass is 19.4. The van der Waals surface area contributed by atoms with Gasteiger partial charge in [0.2, 0.25) is 5.91 Å². The number of hydrogen-bond donors (Lipinski definition) is 1. The average molecular weight is 701 g/mol. The SMILES string of the molecule is CC[C@H]1CN(C(=O)Cc2ccc(CN3CCN(C)CC3)c(C(F)(F)F)c2)Cc2cc(Oc3ccnc4[nH]c(C(=O)N5CC(C#N)C5)cc34)cnc21. The van der Waals surface area contributed by atoms with Gasteiger partial charge in [-0.25, -0.2) is 4.98 Å². The Bertz CT molecular complexity index is 1990. The van der Waals surface area contributed by atoms with E-state index in [1.165, 1.54) is 6.07 Å². The number of H-pyrrole nitrogens is 1. The number of carbonyl (C=O) groups is 2. The molecule has 14 heteroatoms. The second kappa shape index (κ2) is 14.0. The van der Waals surface area contributed by atoms with Gasteiger partial charge in [0.05, 0.1) is 41.2 Å². The van der Waals surface area contributed by atoms with Crippen LogP contribution in [0.25, 0.3) is 11.0 Å². The Morgan fingerprint density at radius 3 is 2.55 bits per heavy atom. The fourth-order valence-corrected chi connectivity index (χ4v) is 7.08. The number of hydrogen-bond acceptors (Lipinski definition) is 8. The zero-order valence-electron chi connectivity index (χ0n) is 28.5. The van der Waals surface area contributed by atoms with Gasteiger partial charge in [-0.1, -0.05) is 19.1 Å². The minimum Gasteiger partial charge on any atom is -0.455 e. The van der Waals surface area contributed by atoms with E-state index in [1.54, 1.807) is 40.4 Å². The lowest BCUT2D eigenvalue weighted by Crippen LogP contribution is -2.49. The number of amides is 2. The average Bonchev–Trinajstić information content (AvgIpc) is 3.54. The van der Waals surface area contributed by atoms with Crippen molar-refractivity contribution in [2.45, 2.75) is 44.9 Å². The molecular formula is C37H39F3N8O3. The Kier molecular flexibility index (Phi) is 9.43. The number of ether oxygens (including phenoxy) is 1. The second-order valence-corrected chi connectivity index (χ2v) is 13.7. The topological polar surface area (TPSA) is 122 Å². The molecule has 3 aromatic heterocycles. The van der Waals surface area contributed by atoms with E-state index in [0.29, 0.717) is 66.5 Å².